The van der Waals surface area contributed by atoms with Crippen molar-refractivity contribution in [1.82, 2.24) is 15.2 Å². The van der Waals surface area contributed by atoms with E-state index in [1.807, 2.05) is 0 Å². The maximum absolute atomic E-state index is 10.8. The summed E-state index contributed by atoms with van der Waals surface area (Å²) in [5, 5.41) is 27.5. The number of carboxylic acids is 1. The number of hydrogen-bond acceptors (Lipinski definition) is 7. The molecule has 2 aromatic rings. The van der Waals surface area contributed by atoms with Crippen LogP contribution in [0.4, 0.5) is 5.69 Å². The molecule has 0 fully saturated rings. The fraction of sp³-hybridized carbons (Fsp3) is 0.182. The molecule has 0 aliphatic heterocycles. The van der Waals surface area contributed by atoms with E-state index in [1.165, 1.54) is 25.3 Å². The second-order valence-corrected chi connectivity index (χ2v) is 3.80. The van der Waals surface area contributed by atoms with E-state index < -0.39 is 17.3 Å². The zero-order valence-corrected chi connectivity index (χ0v) is 10.3. The molecule has 1 aromatic carbocycles. The Labute approximate surface area is 112 Å². The highest BCUT2D eigenvalue weighted by molar-refractivity contribution is 5.67. The van der Waals surface area contributed by atoms with Crippen LogP contribution in [0.15, 0.2) is 18.2 Å². The third kappa shape index (κ3) is 2.71. The van der Waals surface area contributed by atoms with E-state index in [0.717, 1.165) is 0 Å². The second-order valence-electron chi connectivity index (χ2n) is 3.80. The molecular formula is C11H9N4O5-. The number of rotatable bonds is 5. The van der Waals surface area contributed by atoms with Crippen molar-refractivity contribution < 1.29 is 19.6 Å². The summed E-state index contributed by atoms with van der Waals surface area (Å²) in [5.74, 6) is -0.862. The van der Waals surface area contributed by atoms with Crippen molar-refractivity contribution in [2.45, 2.75) is 6.42 Å². The number of aliphatic carboxylic acids is 1. The lowest BCUT2D eigenvalue weighted by Gasteiger charge is -2.02. The third-order valence-corrected chi connectivity index (χ3v) is 2.48. The van der Waals surface area contributed by atoms with Gasteiger partial charge in [0.25, 0.3) is 0 Å². The summed E-state index contributed by atoms with van der Waals surface area (Å²) >= 11 is 0. The van der Waals surface area contributed by atoms with Crippen LogP contribution in [0.25, 0.3) is 11.4 Å². The van der Waals surface area contributed by atoms with Gasteiger partial charge in [-0.3, -0.25) is 15.2 Å². The Bertz CT molecular complexity index is 667. The van der Waals surface area contributed by atoms with Gasteiger partial charge in [0.2, 0.25) is 0 Å². The largest absolute Gasteiger partial charge is 0.550 e. The van der Waals surface area contributed by atoms with E-state index in [0.29, 0.717) is 5.56 Å². The van der Waals surface area contributed by atoms with Crippen LogP contribution in [-0.4, -0.2) is 33.2 Å². The molecule has 0 saturated heterocycles. The van der Waals surface area contributed by atoms with Gasteiger partial charge in [0.1, 0.15) is 5.82 Å². The molecule has 2 rings (SSSR count). The normalized spacial score (nSPS) is 10.2. The maximum Gasteiger partial charge on any atom is 0.310 e. The van der Waals surface area contributed by atoms with Gasteiger partial charge in [0.05, 0.1) is 12.0 Å². The number of aromatic nitrogens is 3. The molecule has 20 heavy (non-hydrogen) atoms. The Morgan fingerprint density at radius 2 is 2.25 bits per heavy atom. The number of hydrogen-bond donors (Lipinski definition) is 1. The van der Waals surface area contributed by atoms with Gasteiger partial charge in [0.15, 0.2) is 11.6 Å². The first-order valence-corrected chi connectivity index (χ1v) is 5.45. The number of methoxy groups -OCH3 is 1. The van der Waals surface area contributed by atoms with Crippen molar-refractivity contribution >= 4 is 11.7 Å². The van der Waals surface area contributed by atoms with Crippen molar-refractivity contribution in [3.05, 3.63) is 34.1 Å². The summed E-state index contributed by atoms with van der Waals surface area (Å²) in [5.41, 5.74) is 0.287. The van der Waals surface area contributed by atoms with Crippen LogP contribution in [0.5, 0.6) is 5.75 Å². The average Bonchev–Trinajstić information content (AvgIpc) is 2.85. The molecular weight excluding hydrogens is 268 g/mol. The Hall–Kier alpha value is -2.97. The molecule has 0 aliphatic rings. The Kier molecular flexibility index (Phi) is 3.60. The van der Waals surface area contributed by atoms with Crippen molar-refractivity contribution in [1.29, 1.82) is 0 Å². The van der Waals surface area contributed by atoms with E-state index in [4.69, 9.17) is 4.74 Å². The number of carboxylic acid groups (broad SMARTS) is 1. The van der Waals surface area contributed by atoms with Gasteiger partial charge in [0, 0.05) is 24.0 Å². The molecule has 1 N–H and O–H groups in total. The molecule has 0 unspecified atom stereocenters. The Morgan fingerprint density at radius 1 is 1.50 bits per heavy atom. The SMILES string of the molecule is COc1cc(-c2n[nH]c(CC(=O)[O-])n2)ccc1[N+](=O)[O-]. The van der Waals surface area contributed by atoms with Crippen LogP contribution in [0, 0.1) is 10.1 Å². The summed E-state index contributed by atoms with van der Waals surface area (Å²) in [7, 11) is 1.31. The molecule has 0 bridgehead atoms. The molecule has 0 aliphatic carbocycles. The van der Waals surface area contributed by atoms with Gasteiger partial charge in [-0.15, -0.1) is 0 Å². The van der Waals surface area contributed by atoms with Crippen LogP contribution in [0.1, 0.15) is 5.82 Å². The van der Waals surface area contributed by atoms with Gasteiger partial charge in [-0.05, 0) is 12.1 Å². The first-order chi connectivity index (χ1) is 9.51. The minimum Gasteiger partial charge on any atom is -0.550 e. The lowest BCUT2D eigenvalue weighted by Crippen LogP contribution is -2.24. The minimum absolute atomic E-state index is 0.0683. The summed E-state index contributed by atoms with van der Waals surface area (Å²) < 4.78 is 4.93. The van der Waals surface area contributed by atoms with Gasteiger partial charge in [-0.25, -0.2) is 4.98 Å². The smallest absolute Gasteiger partial charge is 0.310 e. The number of ether oxygens (including phenoxy) is 1. The lowest BCUT2D eigenvalue weighted by atomic mass is 10.2. The highest BCUT2D eigenvalue weighted by atomic mass is 16.6. The number of nitro benzene ring substituents is 1. The van der Waals surface area contributed by atoms with Crippen LogP contribution < -0.4 is 9.84 Å². The number of nitrogens with zero attached hydrogens (tertiary/aromatic N) is 3. The van der Waals surface area contributed by atoms with Gasteiger partial charge in [-0.2, -0.15) is 5.10 Å². The summed E-state index contributed by atoms with van der Waals surface area (Å²) in [6.07, 6.45) is -0.392. The van der Waals surface area contributed by atoms with E-state index in [1.54, 1.807) is 0 Å². The minimum atomic E-state index is -1.28. The fourth-order valence-corrected chi connectivity index (χ4v) is 1.61. The highest BCUT2D eigenvalue weighted by Gasteiger charge is 2.16. The number of carbonyl (C=O) groups excluding carboxylic acids is 1. The number of carbonyl (C=O) groups is 1. The highest BCUT2D eigenvalue weighted by Crippen LogP contribution is 2.30. The first-order valence-electron chi connectivity index (χ1n) is 5.45. The van der Waals surface area contributed by atoms with E-state index >= 15 is 0 Å². The molecule has 9 heteroatoms. The number of aromatic amines is 1. The number of H-pyrrole nitrogens is 1. The van der Waals surface area contributed by atoms with Crippen LogP contribution in [0.3, 0.4) is 0 Å². The lowest BCUT2D eigenvalue weighted by molar-refractivity contribution is -0.385. The van der Waals surface area contributed by atoms with Gasteiger partial charge < -0.3 is 14.6 Å². The zero-order valence-electron chi connectivity index (χ0n) is 10.3. The van der Waals surface area contributed by atoms with Crippen molar-refractivity contribution in [3.8, 4) is 17.1 Å². The summed E-state index contributed by atoms with van der Waals surface area (Å²) in [6.45, 7) is 0. The Balaban J connectivity index is 2.35. The summed E-state index contributed by atoms with van der Waals surface area (Å²) in [4.78, 5) is 24.6. The molecule has 9 nitrogen and oxygen atoms in total. The molecule has 0 amide bonds. The molecule has 1 aromatic heterocycles. The van der Waals surface area contributed by atoms with E-state index in [9.17, 15) is 20.0 Å². The van der Waals surface area contributed by atoms with Crippen LogP contribution >= 0.6 is 0 Å². The maximum atomic E-state index is 10.8. The quantitative estimate of drug-likeness (QED) is 0.584. The number of nitrogens with one attached hydrogen (secondary N) is 1. The topological polar surface area (TPSA) is 134 Å². The standard InChI is InChI=1S/C11H10N4O5/c1-20-8-4-6(2-3-7(8)15(18)19)11-12-9(13-14-11)5-10(16)17/h2-4H,5H2,1H3,(H,16,17)(H,12,13,14)/p-1. The second kappa shape index (κ2) is 5.34. The van der Waals surface area contributed by atoms with Crippen molar-refractivity contribution in [2.75, 3.05) is 7.11 Å². The number of nitro groups is 1. The predicted molar refractivity (Wildman–Crippen MR) is 63.7 cm³/mol. The molecule has 104 valence electrons. The molecule has 0 atom stereocenters. The van der Waals surface area contributed by atoms with Crippen molar-refractivity contribution in [3.63, 3.8) is 0 Å². The molecule has 0 radical (unpaired) electrons. The average molecular weight is 277 g/mol. The van der Waals surface area contributed by atoms with Gasteiger partial charge in [-0.1, -0.05) is 0 Å². The van der Waals surface area contributed by atoms with Crippen molar-refractivity contribution in [2.24, 2.45) is 0 Å². The fourth-order valence-electron chi connectivity index (χ4n) is 1.61. The molecule has 0 saturated carbocycles. The molecule has 1 heterocycles. The van der Waals surface area contributed by atoms with E-state index in [-0.39, 0.29) is 23.1 Å². The zero-order chi connectivity index (χ0) is 14.7. The monoisotopic (exact) mass is 277 g/mol. The first kappa shape index (κ1) is 13.5. The predicted octanol–water partition coefficient (Wildman–Crippen LogP) is -0.319. The summed E-state index contributed by atoms with van der Waals surface area (Å²) in [6, 6.07) is 4.12. The molecule has 0 spiro atoms. The van der Waals surface area contributed by atoms with Gasteiger partial charge >= 0.3 is 5.69 Å². The van der Waals surface area contributed by atoms with Crippen LogP contribution in [0.2, 0.25) is 0 Å². The number of benzene rings is 1. The third-order valence-electron chi connectivity index (χ3n) is 2.48. The van der Waals surface area contributed by atoms with E-state index in [2.05, 4.69) is 15.2 Å². The Morgan fingerprint density at radius 3 is 2.85 bits per heavy atom. The van der Waals surface area contributed by atoms with Crippen LogP contribution in [-0.2, 0) is 11.2 Å².